The Morgan fingerprint density at radius 3 is 2.42 bits per heavy atom. The van der Waals surface area contributed by atoms with Crippen LogP contribution in [0, 0.1) is 18.6 Å². The standard InChI is InChI=1S/C29H26F3N5O5S/c1-15-7-5-10-22(43(4,41)42)25(15)37-27-18(13-20(32)24(33-27)23-19(31)8-6-9-21(23)38)26(34-29(37)40)36-12-11-35(14-16(36)2)28(39)17(3)30/h5-10,13,16,38H,3,11-12,14H2,1-2,4H3/t16-/m0/s1. The molecule has 10 nitrogen and oxygen atoms in total. The Balaban J connectivity index is 1.84. The number of aryl methyl sites for hydroxylation is 1. The van der Waals surface area contributed by atoms with Gasteiger partial charge >= 0.3 is 5.69 Å². The number of pyridine rings is 1. The second-order valence-corrected chi connectivity index (χ2v) is 12.3. The molecule has 1 amide bonds. The molecule has 0 bridgehead atoms. The lowest BCUT2D eigenvalue weighted by atomic mass is 10.1. The van der Waals surface area contributed by atoms with Gasteiger partial charge in [0.05, 0.1) is 21.5 Å². The maximum Gasteiger partial charge on any atom is 0.355 e. The third-order valence-corrected chi connectivity index (χ3v) is 8.40. The van der Waals surface area contributed by atoms with Crippen LogP contribution in [0.2, 0.25) is 0 Å². The summed E-state index contributed by atoms with van der Waals surface area (Å²) in [4.78, 5) is 37.2. The largest absolute Gasteiger partial charge is 0.507 e. The molecule has 5 rings (SSSR count). The van der Waals surface area contributed by atoms with Gasteiger partial charge in [0.2, 0.25) is 0 Å². The average Bonchev–Trinajstić information content (AvgIpc) is 2.92. The van der Waals surface area contributed by atoms with Gasteiger partial charge in [-0.1, -0.05) is 24.8 Å². The van der Waals surface area contributed by atoms with E-state index in [0.717, 1.165) is 29.0 Å². The van der Waals surface area contributed by atoms with Gasteiger partial charge in [-0.2, -0.15) is 4.98 Å². The Morgan fingerprint density at radius 1 is 1.09 bits per heavy atom. The number of phenolic OH excluding ortho intramolecular Hbond substituents is 1. The van der Waals surface area contributed by atoms with Crippen LogP contribution in [0.1, 0.15) is 12.5 Å². The molecule has 3 heterocycles. The van der Waals surface area contributed by atoms with E-state index in [9.17, 15) is 31.9 Å². The Morgan fingerprint density at radius 2 is 1.79 bits per heavy atom. The van der Waals surface area contributed by atoms with Crippen molar-refractivity contribution in [2.45, 2.75) is 24.8 Å². The van der Waals surface area contributed by atoms with Gasteiger partial charge in [0.25, 0.3) is 5.91 Å². The predicted octanol–water partition coefficient (Wildman–Crippen LogP) is 3.66. The van der Waals surface area contributed by atoms with Crippen molar-refractivity contribution in [1.29, 1.82) is 0 Å². The van der Waals surface area contributed by atoms with E-state index in [4.69, 9.17) is 0 Å². The summed E-state index contributed by atoms with van der Waals surface area (Å²) in [7, 11) is -3.91. The number of rotatable bonds is 5. The molecule has 43 heavy (non-hydrogen) atoms. The summed E-state index contributed by atoms with van der Waals surface area (Å²) < 4.78 is 70.7. The van der Waals surface area contributed by atoms with Crippen LogP contribution in [-0.4, -0.2) is 70.8 Å². The molecule has 4 aromatic rings. The minimum absolute atomic E-state index is 0.0269. The molecule has 1 atom stereocenters. The van der Waals surface area contributed by atoms with E-state index in [2.05, 4.69) is 16.5 Å². The molecule has 0 unspecified atom stereocenters. The fraction of sp³-hybridized carbons (Fsp3) is 0.241. The first-order valence-corrected chi connectivity index (χ1v) is 14.9. The maximum absolute atomic E-state index is 15.8. The molecule has 0 saturated carbocycles. The topological polar surface area (TPSA) is 126 Å². The molecule has 1 N–H and O–H groups in total. The molecule has 2 aromatic carbocycles. The minimum atomic E-state index is -3.91. The van der Waals surface area contributed by atoms with Crippen molar-refractivity contribution < 1.29 is 31.5 Å². The molecule has 1 fully saturated rings. The zero-order valence-corrected chi connectivity index (χ0v) is 24.1. The second-order valence-electron chi connectivity index (χ2n) is 10.3. The van der Waals surface area contributed by atoms with E-state index in [1.165, 1.54) is 23.1 Å². The van der Waals surface area contributed by atoms with Crippen LogP contribution in [0.3, 0.4) is 0 Å². The molecule has 0 aliphatic carbocycles. The Hall–Kier alpha value is -4.72. The van der Waals surface area contributed by atoms with E-state index in [1.807, 2.05) is 0 Å². The Kier molecular flexibility index (Phi) is 7.50. The number of amides is 1. The number of fused-ring (bicyclic) bond motifs is 1. The number of anilines is 1. The lowest BCUT2D eigenvalue weighted by Crippen LogP contribution is -2.54. The third-order valence-electron chi connectivity index (χ3n) is 7.27. The highest BCUT2D eigenvalue weighted by molar-refractivity contribution is 7.90. The molecule has 1 saturated heterocycles. The number of para-hydroxylation sites is 1. The first kappa shape index (κ1) is 29.8. The van der Waals surface area contributed by atoms with E-state index < -0.39 is 61.9 Å². The summed E-state index contributed by atoms with van der Waals surface area (Å²) >= 11 is 0. The summed E-state index contributed by atoms with van der Waals surface area (Å²) in [6, 6.07) is 8.18. The third kappa shape index (κ3) is 5.22. The lowest BCUT2D eigenvalue weighted by molar-refractivity contribution is -0.129. The summed E-state index contributed by atoms with van der Waals surface area (Å²) in [5, 5.41) is 10.4. The quantitative estimate of drug-likeness (QED) is 0.338. The fourth-order valence-electron chi connectivity index (χ4n) is 5.29. The van der Waals surface area contributed by atoms with Crippen molar-refractivity contribution in [3.8, 4) is 22.7 Å². The number of sulfone groups is 1. The number of aromatic hydroxyl groups is 1. The first-order valence-electron chi connectivity index (χ1n) is 13.0. The van der Waals surface area contributed by atoms with Gasteiger partial charge in [-0.25, -0.2) is 35.9 Å². The van der Waals surface area contributed by atoms with Crippen molar-refractivity contribution in [3.63, 3.8) is 0 Å². The van der Waals surface area contributed by atoms with Crippen LogP contribution in [-0.2, 0) is 14.6 Å². The minimum Gasteiger partial charge on any atom is -0.507 e. The van der Waals surface area contributed by atoms with Gasteiger partial charge in [0.1, 0.15) is 23.1 Å². The van der Waals surface area contributed by atoms with E-state index in [0.29, 0.717) is 5.56 Å². The first-order chi connectivity index (χ1) is 20.2. The molecule has 1 aliphatic rings. The SMILES string of the molecule is C=C(F)C(=O)N1CCN(c2nc(=O)n(-c3c(C)cccc3S(C)(=O)=O)c3nc(-c4c(O)cccc4F)c(F)cc23)[C@@H](C)C1. The van der Waals surface area contributed by atoms with Crippen LogP contribution < -0.4 is 10.6 Å². The lowest BCUT2D eigenvalue weighted by Gasteiger charge is -2.40. The van der Waals surface area contributed by atoms with Gasteiger partial charge in [-0.15, -0.1) is 0 Å². The Labute approximate surface area is 244 Å². The molecule has 1 aliphatic heterocycles. The number of halogens is 3. The highest BCUT2D eigenvalue weighted by atomic mass is 32.2. The van der Waals surface area contributed by atoms with Gasteiger partial charge in [0.15, 0.2) is 27.1 Å². The van der Waals surface area contributed by atoms with Gasteiger partial charge < -0.3 is 14.9 Å². The monoisotopic (exact) mass is 613 g/mol. The highest BCUT2D eigenvalue weighted by Gasteiger charge is 2.32. The van der Waals surface area contributed by atoms with E-state index in [1.54, 1.807) is 24.8 Å². The molecule has 0 radical (unpaired) electrons. The van der Waals surface area contributed by atoms with Crippen molar-refractivity contribution in [2.75, 3.05) is 30.8 Å². The second kappa shape index (κ2) is 10.8. The van der Waals surface area contributed by atoms with Gasteiger partial charge in [-0.05, 0) is 43.7 Å². The normalized spacial score (nSPS) is 15.6. The zero-order valence-electron chi connectivity index (χ0n) is 23.3. The number of hydrogen-bond acceptors (Lipinski definition) is 8. The maximum atomic E-state index is 15.8. The van der Waals surface area contributed by atoms with E-state index in [-0.39, 0.29) is 47.1 Å². The van der Waals surface area contributed by atoms with Crippen LogP contribution in [0.15, 0.2) is 64.6 Å². The summed E-state index contributed by atoms with van der Waals surface area (Å²) in [6.45, 7) is 6.44. The number of hydrogen-bond donors (Lipinski definition) is 1. The Bertz CT molecular complexity index is 1980. The van der Waals surface area contributed by atoms with Gasteiger partial charge in [0, 0.05) is 31.9 Å². The van der Waals surface area contributed by atoms with Crippen molar-refractivity contribution >= 4 is 32.6 Å². The highest BCUT2D eigenvalue weighted by Crippen LogP contribution is 2.36. The number of carbonyl (C=O) groups is 1. The van der Waals surface area contributed by atoms with Crippen molar-refractivity contribution in [3.05, 3.63) is 82.6 Å². The number of nitrogens with zero attached hydrogens (tertiary/aromatic N) is 5. The summed E-state index contributed by atoms with van der Waals surface area (Å²) in [5.74, 6) is -4.67. The molecular weight excluding hydrogens is 587 g/mol. The van der Waals surface area contributed by atoms with Crippen LogP contribution in [0.25, 0.3) is 28.0 Å². The average molecular weight is 614 g/mol. The molecule has 0 spiro atoms. The number of piperazine rings is 1. The molecule has 224 valence electrons. The van der Waals surface area contributed by atoms with Crippen LogP contribution >= 0.6 is 0 Å². The van der Waals surface area contributed by atoms with Crippen molar-refractivity contribution in [1.82, 2.24) is 19.4 Å². The van der Waals surface area contributed by atoms with Gasteiger partial charge in [-0.3, -0.25) is 4.79 Å². The summed E-state index contributed by atoms with van der Waals surface area (Å²) in [5.41, 5.74) is -2.11. The number of carbonyl (C=O) groups excluding carboxylic acids is 1. The molecule has 14 heteroatoms. The van der Waals surface area contributed by atoms with Crippen LogP contribution in [0.4, 0.5) is 19.0 Å². The molecule has 2 aromatic heterocycles. The predicted molar refractivity (Wildman–Crippen MR) is 154 cm³/mol. The van der Waals surface area contributed by atoms with E-state index >= 15 is 4.39 Å². The number of phenols is 1. The molecular formula is C29H26F3N5O5S. The zero-order chi connectivity index (χ0) is 31.4. The fourth-order valence-corrected chi connectivity index (χ4v) is 6.22. The number of aromatic nitrogens is 3. The number of benzene rings is 2. The summed E-state index contributed by atoms with van der Waals surface area (Å²) in [6.07, 6.45) is 0.963. The smallest absolute Gasteiger partial charge is 0.355 e. The van der Waals surface area contributed by atoms with Crippen molar-refractivity contribution in [2.24, 2.45) is 0 Å². The van der Waals surface area contributed by atoms with Crippen LogP contribution in [0.5, 0.6) is 5.75 Å².